The highest BCUT2D eigenvalue weighted by atomic mass is 16.5. The first-order chi connectivity index (χ1) is 7.88. The third-order valence-electron chi connectivity index (χ3n) is 2.93. The molecule has 0 radical (unpaired) electrons. The van der Waals surface area contributed by atoms with Crippen molar-refractivity contribution in [1.29, 1.82) is 5.26 Å². The lowest BCUT2D eigenvalue weighted by Gasteiger charge is -2.21. The van der Waals surface area contributed by atoms with Crippen molar-refractivity contribution in [3.05, 3.63) is 18.1 Å². The molecule has 0 bridgehead atoms. The van der Waals surface area contributed by atoms with Gasteiger partial charge in [0.05, 0.1) is 19.0 Å². The summed E-state index contributed by atoms with van der Waals surface area (Å²) in [7, 11) is 0. The molecule has 84 valence electrons. The highest BCUT2D eigenvalue weighted by Crippen LogP contribution is 2.23. The molecule has 0 saturated heterocycles. The van der Waals surface area contributed by atoms with E-state index in [1.807, 2.05) is 6.07 Å². The maximum atomic E-state index is 8.57. The Kier molecular flexibility index (Phi) is 3.71. The van der Waals surface area contributed by atoms with E-state index < -0.39 is 0 Å². The van der Waals surface area contributed by atoms with Gasteiger partial charge in [0.2, 0.25) is 5.88 Å². The molecule has 0 aromatic carbocycles. The Morgan fingerprint density at radius 3 is 2.69 bits per heavy atom. The van der Waals surface area contributed by atoms with Gasteiger partial charge in [-0.1, -0.05) is 19.3 Å². The summed E-state index contributed by atoms with van der Waals surface area (Å²) in [6.45, 7) is 0.723. The number of nitriles is 1. The quantitative estimate of drug-likeness (QED) is 0.779. The Balaban J connectivity index is 1.82. The zero-order chi connectivity index (χ0) is 11.2. The minimum Gasteiger partial charge on any atom is -0.476 e. The van der Waals surface area contributed by atoms with Crippen LogP contribution in [0.25, 0.3) is 0 Å². The predicted molar refractivity (Wildman–Crippen MR) is 58.8 cm³/mol. The lowest BCUT2D eigenvalue weighted by molar-refractivity contribution is 0.202. The highest BCUT2D eigenvalue weighted by Gasteiger charge is 2.14. The first-order valence-electron chi connectivity index (χ1n) is 5.73. The van der Waals surface area contributed by atoms with Gasteiger partial charge in [-0.25, -0.2) is 9.97 Å². The molecule has 1 aliphatic carbocycles. The number of hydrogen-bond acceptors (Lipinski definition) is 4. The average Bonchev–Trinajstić information content (AvgIpc) is 2.38. The summed E-state index contributed by atoms with van der Waals surface area (Å²) in [4.78, 5) is 7.94. The fourth-order valence-electron chi connectivity index (χ4n) is 2.01. The molecule has 0 N–H and O–H groups in total. The molecule has 1 aromatic heterocycles. The van der Waals surface area contributed by atoms with Crippen LogP contribution in [0.3, 0.4) is 0 Å². The van der Waals surface area contributed by atoms with Crippen LogP contribution in [0, 0.1) is 17.2 Å². The third-order valence-corrected chi connectivity index (χ3v) is 2.93. The van der Waals surface area contributed by atoms with Crippen LogP contribution in [0.5, 0.6) is 5.88 Å². The molecule has 0 spiro atoms. The van der Waals surface area contributed by atoms with Gasteiger partial charge in [0.15, 0.2) is 5.69 Å². The minimum absolute atomic E-state index is 0.324. The van der Waals surface area contributed by atoms with Crippen molar-refractivity contribution in [3.8, 4) is 11.9 Å². The van der Waals surface area contributed by atoms with Gasteiger partial charge in [0, 0.05) is 0 Å². The normalized spacial score (nSPS) is 16.7. The second kappa shape index (κ2) is 5.45. The van der Waals surface area contributed by atoms with E-state index in [1.54, 1.807) is 0 Å². The second-order valence-electron chi connectivity index (χ2n) is 4.17. The molecule has 2 rings (SSSR count). The van der Waals surface area contributed by atoms with E-state index in [0.717, 1.165) is 6.61 Å². The lowest BCUT2D eigenvalue weighted by atomic mass is 9.90. The summed E-state index contributed by atoms with van der Waals surface area (Å²) in [5.74, 6) is 1.18. The Morgan fingerprint density at radius 1 is 1.25 bits per heavy atom. The molecule has 0 atom stereocenters. The molecule has 1 aromatic rings. The van der Waals surface area contributed by atoms with Crippen LogP contribution in [0.4, 0.5) is 0 Å². The monoisotopic (exact) mass is 217 g/mol. The van der Waals surface area contributed by atoms with E-state index in [4.69, 9.17) is 10.00 Å². The SMILES string of the molecule is N#Cc1cnc(OCC2CCCCC2)cn1. The Hall–Kier alpha value is -1.63. The first kappa shape index (κ1) is 10.9. The molecule has 4 nitrogen and oxygen atoms in total. The standard InChI is InChI=1S/C12H15N3O/c13-6-11-7-15-12(8-14-11)16-9-10-4-2-1-3-5-10/h7-8,10H,1-5,9H2. The van der Waals surface area contributed by atoms with Gasteiger partial charge in [-0.3, -0.25) is 0 Å². The van der Waals surface area contributed by atoms with Gasteiger partial charge in [-0.15, -0.1) is 0 Å². The van der Waals surface area contributed by atoms with Crippen molar-refractivity contribution in [2.24, 2.45) is 5.92 Å². The van der Waals surface area contributed by atoms with Gasteiger partial charge in [0.1, 0.15) is 6.07 Å². The molecule has 0 unspecified atom stereocenters. The third kappa shape index (κ3) is 2.93. The van der Waals surface area contributed by atoms with E-state index in [-0.39, 0.29) is 0 Å². The number of rotatable bonds is 3. The van der Waals surface area contributed by atoms with Crippen molar-refractivity contribution in [3.63, 3.8) is 0 Å². The summed E-state index contributed by atoms with van der Waals surface area (Å²) in [5, 5.41) is 8.57. The van der Waals surface area contributed by atoms with Gasteiger partial charge in [0.25, 0.3) is 0 Å². The van der Waals surface area contributed by atoms with E-state index >= 15 is 0 Å². The molecule has 1 fully saturated rings. The van der Waals surface area contributed by atoms with Crippen LogP contribution in [-0.2, 0) is 0 Å². The summed E-state index contributed by atoms with van der Waals surface area (Å²) in [6.07, 6.45) is 9.44. The second-order valence-corrected chi connectivity index (χ2v) is 4.17. The molecule has 0 aliphatic heterocycles. The summed E-state index contributed by atoms with van der Waals surface area (Å²) in [6, 6.07) is 1.93. The summed E-state index contributed by atoms with van der Waals surface area (Å²) >= 11 is 0. The van der Waals surface area contributed by atoms with Crippen LogP contribution in [-0.4, -0.2) is 16.6 Å². The van der Waals surface area contributed by atoms with Crippen LogP contribution >= 0.6 is 0 Å². The maximum Gasteiger partial charge on any atom is 0.232 e. The molecule has 0 amide bonds. The van der Waals surface area contributed by atoms with Crippen LogP contribution < -0.4 is 4.74 Å². The van der Waals surface area contributed by atoms with Crippen LogP contribution in [0.2, 0.25) is 0 Å². The fraction of sp³-hybridized carbons (Fsp3) is 0.583. The van der Waals surface area contributed by atoms with Gasteiger partial charge < -0.3 is 4.74 Å². The highest BCUT2D eigenvalue weighted by molar-refractivity contribution is 5.18. The van der Waals surface area contributed by atoms with E-state index in [0.29, 0.717) is 17.5 Å². The molecule has 1 aliphatic rings. The molecule has 16 heavy (non-hydrogen) atoms. The van der Waals surface area contributed by atoms with Crippen molar-refractivity contribution in [2.45, 2.75) is 32.1 Å². The van der Waals surface area contributed by atoms with E-state index in [1.165, 1.54) is 44.5 Å². The molecule has 1 heterocycles. The summed E-state index contributed by atoms with van der Waals surface area (Å²) < 4.78 is 5.56. The lowest BCUT2D eigenvalue weighted by Crippen LogP contribution is -2.15. The first-order valence-corrected chi connectivity index (χ1v) is 5.73. The molecule has 1 saturated carbocycles. The minimum atomic E-state index is 0.324. The van der Waals surface area contributed by atoms with E-state index in [2.05, 4.69) is 9.97 Å². The number of nitrogens with zero attached hydrogens (tertiary/aromatic N) is 3. The van der Waals surface area contributed by atoms with Crippen molar-refractivity contribution in [2.75, 3.05) is 6.61 Å². The predicted octanol–water partition coefficient (Wildman–Crippen LogP) is 2.31. The maximum absolute atomic E-state index is 8.57. The average molecular weight is 217 g/mol. The van der Waals surface area contributed by atoms with Gasteiger partial charge in [-0.2, -0.15) is 5.26 Å². The summed E-state index contributed by atoms with van der Waals surface area (Å²) in [5.41, 5.74) is 0.324. The Bertz CT molecular complexity index is 363. The van der Waals surface area contributed by atoms with Crippen molar-refractivity contribution >= 4 is 0 Å². The largest absolute Gasteiger partial charge is 0.476 e. The van der Waals surface area contributed by atoms with Crippen molar-refractivity contribution < 1.29 is 4.74 Å². The van der Waals surface area contributed by atoms with Crippen LogP contribution in [0.15, 0.2) is 12.4 Å². The smallest absolute Gasteiger partial charge is 0.232 e. The van der Waals surface area contributed by atoms with E-state index in [9.17, 15) is 0 Å². The molecular formula is C12H15N3O. The zero-order valence-corrected chi connectivity index (χ0v) is 9.22. The number of ether oxygens (including phenoxy) is 1. The van der Waals surface area contributed by atoms with Crippen molar-refractivity contribution in [1.82, 2.24) is 9.97 Å². The molecule has 4 heteroatoms. The van der Waals surface area contributed by atoms with Gasteiger partial charge in [-0.05, 0) is 18.8 Å². The Morgan fingerprint density at radius 2 is 2.06 bits per heavy atom. The fourth-order valence-corrected chi connectivity index (χ4v) is 2.01. The van der Waals surface area contributed by atoms with Crippen LogP contribution in [0.1, 0.15) is 37.8 Å². The topological polar surface area (TPSA) is 58.8 Å². The number of aromatic nitrogens is 2. The zero-order valence-electron chi connectivity index (χ0n) is 9.22. The Labute approximate surface area is 95.3 Å². The number of hydrogen-bond donors (Lipinski definition) is 0. The van der Waals surface area contributed by atoms with Gasteiger partial charge >= 0.3 is 0 Å². The molecular weight excluding hydrogens is 202 g/mol.